The van der Waals surface area contributed by atoms with Gasteiger partial charge >= 0.3 is 0 Å². The molecule has 0 aromatic carbocycles. The van der Waals surface area contributed by atoms with Crippen molar-refractivity contribution >= 4 is 12.4 Å². The van der Waals surface area contributed by atoms with Crippen LogP contribution < -0.4 is 5.32 Å². The van der Waals surface area contributed by atoms with Gasteiger partial charge in [0.25, 0.3) is 0 Å². The number of halogens is 1. The molecule has 0 bridgehead atoms. The van der Waals surface area contributed by atoms with Crippen LogP contribution in [0, 0.1) is 0 Å². The molecule has 0 radical (unpaired) electrons. The quantitative estimate of drug-likeness (QED) is 0.568. The van der Waals surface area contributed by atoms with Crippen LogP contribution in [0.3, 0.4) is 0 Å². The zero-order chi connectivity index (χ0) is 5.11. The second-order valence-electron chi connectivity index (χ2n) is 1.95. The summed E-state index contributed by atoms with van der Waals surface area (Å²) in [4.78, 5) is 0. The van der Waals surface area contributed by atoms with Crippen molar-refractivity contribution in [3.63, 3.8) is 0 Å². The number of hydrogen-bond acceptors (Lipinski definition) is 2. The normalized spacial score (nSPS) is 25.9. The Kier molecular flexibility index (Phi) is 4.23. The van der Waals surface area contributed by atoms with Crippen molar-refractivity contribution in [2.24, 2.45) is 0 Å². The van der Waals surface area contributed by atoms with E-state index < -0.39 is 0 Å². The lowest BCUT2D eigenvalue weighted by Crippen LogP contribution is -2.43. The molecule has 8 heavy (non-hydrogen) atoms. The van der Waals surface area contributed by atoms with Gasteiger partial charge in [-0.3, -0.25) is 0 Å². The molecular weight excluding hydrogens is 126 g/mol. The van der Waals surface area contributed by atoms with Gasteiger partial charge in [0.15, 0.2) is 0 Å². The molecule has 0 aliphatic carbocycles. The summed E-state index contributed by atoms with van der Waals surface area (Å²) in [5.74, 6) is 0. The fraction of sp³-hybridized carbons (Fsp3) is 1.00. The van der Waals surface area contributed by atoms with Crippen LogP contribution in [0.15, 0.2) is 0 Å². The third kappa shape index (κ3) is 1.99. The van der Waals surface area contributed by atoms with Crippen LogP contribution in [0.5, 0.6) is 0 Å². The zero-order valence-corrected chi connectivity index (χ0v) is 5.58. The smallest absolute Gasteiger partial charge is 0.0445 e. The van der Waals surface area contributed by atoms with E-state index in [9.17, 15) is 0 Å². The van der Waals surface area contributed by atoms with Crippen LogP contribution in [0.2, 0.25) is 0 Å². The largest absolute Gasteiger partial charge is 0.396 e. The Labute approximate surface area is 55.7 Å². The van der Waals surface area contributed by atoms with E-state index in [-0.39, 0.29) is 12.4 Å². The first-order valence-electron chi connectivity index (χ1n) is 2.77. The Morgan fingerprint density at radius 1 is 1.62 bits per heavy atom. The minimum absolute atomic E-state index is 0. The summed E-state index contributed by atoms with van der Waals surface area (Å²) in [5.41, 5.74) is 0. The first-order valence-corrected chi connectivity index (χ1v) is 2.77. The Hall–Kier alpha value is 0.210. The first-order chi connectivity index (χ1) is 3.43. The van der Waals surface area contributed by atoms with E-state index >= 15 is 0 Å². The van der Waals surface area contributed by atoms with Crippen molar-refractivity contribution in [1.29, 1.82) is 0 Å². The number of aliphatic hydroxyl groups excluding tert-OH is 1. The maximum atomic E-state index is 8.36. The summed E-state index contributed by atoms with van der Waals surface area (Å²) in [5, 5.41) is 11.5. The molecule has 1 atom stereocenters. The van der Waals surface area contributed by atoms with Gasteiger partial charge in [-0.1, -0.05) is 0 Å². The average molecular weight is 138 g/mol. The Morgan fingerprint density at radius 3 is 2.38 bits per heavy atom. The van der Waals surface area contributed by atoms with Crippen LogP contribution >= 0.6 is 12.4 Å². The number of nitrogens with one attached hydrogen (secondary N) is 1. The molecule has 0 spiro atoms. The third-order valence-corrected chi connectivity index (χ3v) is 1.40. The van der Waals surface area contributed by atoms with Crippen LogP contribution in [0.4, 0.5) is 0 Å². The summed E-state index contributed by atoms with van der Waals surface area (Å²) in [6, 6.07) is 0.630. The fourth-order valence-corrected chi connectivity index (χ4v) is 0.751. The van der Waals surface area contributed by atoms with Crippen molar-refractivity contribution in [3.8, 4) is 0 Å². The maximum Gasteiger partial charge on any atom is 0.0445 e. The van der Waals surface area contributed by atoms with Crippen molar-refractivity contribution < 1.29 is 5.11 Å². The van der Waals surface area contributed by atoms with Crippen LogP contribution in [-0.4, -0.2) is 24.3 Å². The van der Waals surface area contributed by atoms with E-state index in [2.05, 4.69) is 5.32 Å². The molecule has 3 heteroatoms. The number of rotatable bonds is 2. The predicted octanol–water partition coefficient (Wildman–Crippen LogP) is 0.152. The highest BCUT2D eigenvalue weighted by atomic mass is 35.5. The fourth-order valence-electron chi connectivity index (χ4n) is 0.751. The first kappa shape index (κ1) is 8.21. The Bertz CT molecular complexity index is 56.4. The summed E-state index contributed by atoms with van der Waals surface area (Å²) < 4.78 is 0. The van der Waals surface area contributed by atoms with Crippen LogP contribution in [-0.2, 0) is 0 Å². The number of aliphatic hydroxyl groups is 1. The molecule has 0 amide bonds. The molecule has 2 nitrogen and oxygen atoms in total. The van der Waals surface area contributed by atoms with E-state index in [0.29, 0.717) is 12.6 Å². The summed E-state index contributed by atoms with van der Waals surface area (Å²) >= 11 is 0. The molecule has 1 aliphatic heterocycles. The minimum atomic E-state index is 0. The highest BCUT2D eigenvalue weighted by Crippen LogP contribution is 2.04. The SMILES string of the molecule is Cl.OCC[C@@H]1CCN1. The van der Waals surface area contributed by atoms with E-state index in [1.807, 2.05) is 0 Å². The Balaban J connectivity index is 0.000000490. The highest BCUT2D eigenvalue weighted by molar-refractivity contribution is 5.85. The van der Waals surface area contributed by atoms with Crippen LogP contribution in [0.1, 0.15) is 12.8 Å². The molecule has 1 fully saturated rings. The molecule has 2 N–H and O–H groups in total. The van der Waals surface area contributed by atoms with E-state index in [4.69, 9.17) is 5.11 Å². The molecule has 50 valence electrons. The highest BCUT2D eigenvalue weighted by Gasteiger charge is 2.13. The van der Waals surface area contributed by atoms with Crippen molar-refractivity contribution in [2.75, 3.05) is 13.2 Å². The summed E-state index contributed by atoms with van der Waals surface area (Å²) in [7, 11) is 0. The number of hydrogen-bond donors (Lipinski definition) is 2. The molecule has 0 aromatic heterocycles. The van der Waals surface area contributed by atoms with Gasteiger partial charge in [-0.25, -0.2) is 0 Å². The van der Waals surface area contributed by atoms with Gasteiger partial charge in [0.2, 0.25) is 0 Å². The standard InChI is InChI=1S/C5H11NO.ClH/c7-4-2-5-1-3-6-5;/h5-7H,1-4H2;1H/t5-;/m0./s1. The van der Waals surface area contributed by atoms with Crippen LogP contribution in [0.25, 0.3) is 0 Å². The molecule has 1 saturated heterocycles. The molecule has 0 unspecified atom stereocenters. The minimum Gasteiger partial charge on any atom is -0.396 e. The maximum absolute atomic E-state index is 8.36. The van der Waals surface area contributed by atoms with Gasteiger partial charge in [0, 0.05) is 12.6 Å². The van der Waals surface area contributed by atoms with E-state index in [0.717, 1.165) is 13.0 Å². The monoisotopic (exact) mass is 137 g/mol. The lowest BCUT2D eigenvalue weighted by atomic mass is 10.1. The second-order valence-corrected chi connectivity index (χ2v) is 1.95. The van der Waals surface area contributed by atoms with Gasteiger partial charge in [-0.05, 0) is 19.4 Å². The van der Waals surface area contributed by atoms with Crippen molar-refractivity contribution in [2.45, 2.75) is 18.9 Å². The topological polar surface area (TPSA) is 32.3 Å². The summed E-state index contributed by atoms with van der Waals surface area (Å²) in [6.45, 7) is 1.47. The van der Waals surface area contributed by atoms with E-state index in [1.165, 1.54) is 6.42 Å². The van der Waals surface area contributed by atoms with Crippen molar-refractivity contribution in [3.05, 3.63) is 0 Å². The third-order valence-electron chi connectivity index (χ3n) is 1.40. The van der Waals surface area contributed by atoms with Gasteiger partial charge in [0.05, 0.1) is 0 Å². The van der Waals surface area contributed by atoms with Crippen molar-refractivity contribution in [1.82, 2.24) is 5.32 Å². The predicted molar refractivity (Wildman–Crippen MR) is 35.4 cm³/mol. The van der Waals surface area contributed by atoms with Gasteiger partial charge in [-0.2, -0.15) is 0 Å². The van der Waals surface area contributed by atoms with Gasteiger partial charge in [-0.15, -0.1) is 12.4 Å². The lowest BCUT2D eigenvalue weighted by molar-refractivity contribution is 0.236. The molecule has 1 aliphatic rings. The molecule has 1 heterocycles. The average Bonchev–Trinajstić information content (AvgIpc) is 1.55. The lowest BCUT2D eigenvalue weighted by Gasteiger charge is -2.26. The van der Waals surface area contributed by atoms with Gasteiger partial charge in [0.1, 0.15) is 0 Å². The zero-order valence-electron chi connectivity index (χ0n) is 4.76. The Morgan fingerprint density at radius 2 is 2.25 bits per heavy atom. The van der Waals surface area contributed by atoms with E-state index in [1.54, 1.807) is 0 Å². The molecule has 0 saturated carbocycles. The van der Waals surface area contributed by atoms with Gasteiger partial charge < -0.3 is 10.4 Å². The second kappa shape index (κ2) is 4.13. The molecule has 1 rings (SSSR count). The summed E-state index contributed by atoms with van der Waals surface area (Å²) in [6.07, 6.45) is 2.18. The molecular formula is C5H12ClNO. The molecule has 0 aromatic rings.